The second kappa shape index (κ2) is 6.14. The molecule has 1 rings (SSSR count). The van der Waals surface area contributed by atoms with Crippen molar-refractivity contribution >= 4 is 28.9 Å². The van der Waals surface area contributed by atoms with Crippen LogP contribution >= 0.6 is 23.2 Å². The lowest BCUT2D eigenvalue weighted by Crippen LogP contribution is -2.11. The molecule has 0 unspecified atom stereocenters. The molecule has 0 amide bonds. The summed E-state index contributed by atoms with van der Waals surface area (Å²) in [5, 5.41) is 13.2. The third-order valence-corrected chi connectivity index (χ3v) is 3.37. The highest BCUT2D eigenvalue weighted by atomic mass is 35.5. The van der Waals surface area contributed by atoms with Gasteiger partial charge >= 0.3 is 0 Å². The summed E-state index contributed by atoms with van der Waals surface area (Å²) in [6.45, 7) is 4.67. The number of anilines is 1. The Hall–Kier alpha value is -0.910. The maximum Gasteiger partial charge on any atom is 0.0823 e. The van der Waals surface area contributed by atoms with Gasteiger partial charge in [0.25, 0.3) is 0 Å². The van der Waals surface area contributed by atoms with Crippen LogP contribution in [0.25, 0.3) is 0 Å². The maximum atomic E-state index is 8.88. The number of rotatable bonds is 5. The summed E-state index contributed by atoms with van der Waals surface area (Å²) < 4.78 is 0. The lowest BCUT2D eigenvalue weighted by atomic mass is 9.90. The standard InChI is InChI=1S/C13H16Cl2N2/c1-13(2,9-16)7-4-8-17-11-6-3-5-10(14)12(11)15/h3,5-6,17H,4,7-8H2,1-2H3. The lowest BCUT2D eigenvalue weighted by molar-refractivity contribution is 0.441. The van der Waals surface area contributed by atoms with Gasteiger partial charge in [0.2, 0.25) is 0 Å². The summed E-state index contributed by atoms with van der Waals surface area (Å²) in [5.41, 5.74) is 0.578. The summed E-state index contributed by atoms with van der Waals surface area (Å²) in [4.78, 5) is 0. The van der Waals surface area contributed by atoms with Gasteiger partial charge < -0.3 is 5.32 Å². The number of halogens is 2. The van der Waals surface area contributed by atoms with Crippen molar-refractivity contribution in [3.05, 3.63) is 28.2 Å². The summed E-state index contributed by atoms with van der Waals surface area (Å²) in [5.74, 6) is 0. The van der Waals surface area contributed by atoms with Crippen molar-refractivity contribution in [2.75, 3.05) is 11.9 Å². The molecule has 0 heterocycles. The van der Waals surface area contributed by atoms with Gasteiger partial charge in [-0.3, -0.25) is 0 Å². The Morgan fingerprint density at radius 3 is 2.71 bits per heavy atom. The molecule has 1 N–H and O–H groups in total. The number of benzene rings is 1. The van der Waals surface area contributed by atoms with Gasteiger partial charge in [0, 0.05) is 6.54 Å². The van der Waals surface area contributed by atoms with Crippen molar-refractivity contribution in [3.63, 3.8) is 0 Å². The fourth-order valence-corrected chi connectivity index (χ4v) is 1.82. The first-order valence-corrected chi connectivity index (χ1v) is 6.31. The van der Waals surface area contributed by atoms with E-state index in [1.165, 1.54) is 0 Å². The Labute approximate surface area is 113 Å². The topological polar surface area (TPSA) is 35.8 Å². The Balaban J connectivity index is 2.42. The van der Waals surface area contributed by atoms with E-state index in [4.69, 9.17) is 28.5 Å². The summed E-state index contributed by atoms with van der Waals surface area (Å²) in [7, 11) is 0. The fourth-order valence-electron chi connectivity index (χ4n) is 1.45. The molecule has 0 bridgehead atoms. The molecule has 92 valence electrons. The average molecular weight is 271 g/mol. The van der Waals surface area contributed by atoms with Gasteiger partial charge in [-0.1, -0.05) is 29.3 Å². The van der Waals surface area contributed by atoms with Crippen LogP contribution in [0.15, 0.2) is 18.2 Å². The van der Waals surface area contributed by atoms with Crippen LogP contribution < -0.4 is 5.32 Å². The highest BCUT2D eigenvalue weighted by Gasteiger charge is 2.15. The number of nitrogens with one attached hydrogen (secondary N) is 1. The van der Waals surface area contributed by atoms with Crippen LogP contribution in [0.2, 0.25) is 10.0 Å². The predicted octanol–water partition coefficient (Wildman–Crippen LogP) is 4.74. The lowest BCUT2D eigenvalue weighted by Gasteiger charge is -2.15. The van der Waals surface area contributed by atoms with Gasteiger partial charge in [0.05, 0.1) is 27.2 Å². The van der Waals surface area contributed by atoms with Crippen molar-refractivity contribution in [3.8, 4) is 6.07 Å². The number of nitrogens with zero attached hydrogens (tertiary/aromatic N) is 1. The first-order chi connectivity index (χ1) is 7.96. The SMILES string of the molecule is CC(C)(C#N)CCCNc1cccc(Cl)c1Cl. The van der Waals surface area contributed by atoms with Crippen LogP contribution in [0.4, 0.5) is 5.69 Å². The van der Waals surface area contributed by atoms with Gasteiger partial charge in [-0.25, -0.2) is 0 Å². The highest BCUT2D eigenvalue weighted by molar-refractivity contribution is 6.43. The van der Waals surface area contributed by atoms with Gasteiger partial charge in [-0.15, -0.1) is 0 Å². The van der Waals surface area contributed by atoms with Gasteiger partial charge in [-0.05, 0) is 38.8 Å². The molecule has 0 radical (unpaired) electrons. The zero-order valence-corrected chi connectivity index (χ0v) is 11.6. The van der Waals surface area contributed by atoms with Crippen molar-refractivity contribution in [2.45, 2.75) is 26.7 Å². The molecule has 0 fully saturated rings. The molecule has 1 aromatic carbocycles. The first kappa shape index (κ1) is 14.2. The minimum absolute atomic E-state index is 0.264. The molecule has 0 aliphatic rings. The van der Waals surface area contributed by atoms with Crippen LogP contribution in [-0.4, -0.2) is 6.54 Å². The molecule has 0 atom stereocenters. The van der Waals surface area contributed by atoms with E-state index in [0.717, 1.165) is 25.1 Å². The number of nitriles is 1. The smallest absolute Gasteiger partial charge is 0.0823 e. The van der Waals surface area contributed by atoms with Gasteiger partial charge in [-0.2, -0.15) is 5.26 Å². The molecule has 0 aliphatic heterocycles. The first-order valence-electron chi connectivity index (χ1n) is 5.55. The molecule has 1 aromatic rings. The monoisotopic (exact) mass is 270 g/mol. The predicted molar refractivity (Wildman–Crippen MR) is 73.6 cm³/mol. The van der Waals surface area contributed by atoms with E-state index in [1.54, 1.807) is 6.07 Å². The molecule has 0 spiro atoms. The van der Waals surface area contributed by atoms with Crippen LogP contribution in [0.5, 0.6) is 0 Å². The largest absolute Gasteiger partial charge is 0.384 e. The second-order valence-electron chi connectivity index (χ2n) is 4.63. The van der Waals surface area contributed by atoms with Crippen LogP contribution in [-0.2, 0) is 0 Å². The number of hydrogen-bond donors (Lipinski definition) is 1. The quantitative estimate of drug-likeness (QED) is 0.785. The van der Waals surface area contributed by atoms with Crippen LogP contribution in [0.3, 0.4) is 0 Å². The van der Waals surface area contributed by atoms with Gasteiger partial charge in [0.1, 0.15) is 0 Å². The van der Waals surface area contributed by atoms with Crippen molar-refractivity contribution in [2.24, 2.45) is 5.41 Å². The van der Waals surface area contributed by atoms with E-state index in [1.807, 2.05) is 26.0 Å². The van der Waals surface area contributed by atoms with Crippen molar-refractivity contribution < 1.29 is 0 Å². The average Bonchev–Trinajstić information content (AvgIpc) is 2.30. The van der Waals surface area contributed by atoms with Crippen molar-refractivity contribution in [1.82, 2.24) is 0 Å². The molecule has 0 saturated heterocycles. The molecule has 0 aromatic heterocycles. The van der Waals surface area contributed by atoms with E-state index >= 15 is 0 Å². The molecule has 0 aliphatic carbocycles. The normalized spacial score (nSPS) is 11.0. The summed E-state index contributed by atoms with van der Waals surface area (Å²) in [6.07, 6.45) is 1.78. The van der Waals surface area contributed by atoms with Crippen LogP contribution in [0.1, 0.15) is 26.7 Å². The minimum Gasteiger partial charge on any atom is -0.384 e. The molecular formula is C13H16Cl2N2. The van der Waals surface area contributed by atoms with E-state index in [9.17, 15) is 0 Å². The highest BCUT2D eigenvalue weighted by Crippen LogP contribution is 2.29. The Morgan fingerprint density at radius 1 is 1.35 bits per heavy atom. The van der Waals surface area contributed by atoms with E-state index < -0.39 is 0 Å². The second-order valence-corrected chi connectivity index (χ2v) is 5.41. The minimum atomic E-state index is -0.264. The molecule has 0 saturated carbocycles. The molecule has 2 nitrogen and oxygen atoms in total. The Morgan fingerprint density at radius 2 is 2.06 bits per heavy atom. The summed E-state index contributed by atoms with van der Waals surface area (Å²) >= 11 is 11.9. The zero-order valence-electron chi connectivity index (χ0n) is 10.1. The maximum absolute atomic E-state index is 8.88. The third-order valence-electron chi connectivity index (χ3n) is 2.55. The van der Waals surface area contributed by atoms with E-state index in [-0.39, 0.29) is 5.41 Å². The summed E-state index contributed by atoms with van der Waals surface area (Å²) in [6, 6.07) is 7.79. The molecular weight excluding hydrogens is 255 g/mol. The van der Waals surface area contributed by atoms with E-state index in [2.05, 4.69) is 11.4 Å². The third kappa shape index (κ3) is 4.46. The fraction of sp³-hybridized carbons (Fsp3) is 0.462. The molecule has 17 heavy (non-hydrogen) atoms. The van der Waals surface area contributed by atoms with E-state index in [0.29, 0.717) is 10.0 Å². The van der Waals surface area contributed by atoms with Crippen LogP contribution in [0, 0.1) is 16.7 Å². The zero-order chi connectivity index (χ0) is 12.9. The Kier molecular flexibility index (Phi) is 5.11. The number of hydrogen-bond acceptors (Lipinski definition) is 2. The van der Waals surface area contributed by atoms with Crippen molar-refractivity contribution in [1.29, 1.82) is 5.26 Å². The molecule has 4 heteroatoms. The Bertz CT molecular complexity index is 422. The van der Waals surface area contributed by atoms with Gasteiger partial charge in [0.15, 0.2) is 0 Å².